The van der Waals surface area contributed by atoms with Crippen molar-refractivity contribution >= 4 is 21.6 Å². The van der Waals surface area contributed by atoms with Crippen molar-refractivity contribution in [2.45, 2.75) is 17.7 Å². The molecule has 32 heavy (non-hydrogen) atoms. The zero-order chi connectivity index (χ0) is 23.4. The molecule has 1 aliphatic heterocycles. The Hall–Kier alpha value is -2.70. The number of sulfonamides is 1. The predicted octanol–water partition coefficient (Wildman–Crippen LogP) is 3.06. The second-order valence-electron chi connectivity index (χ2n) is 7.07. The number of benzene rings is 2. The van der Waals surface area contributed by atoms with Gasteiger partial charge in [0.25, 0.3) is 0 Å². The summed E-state index contributed by atoms with van der Waals surface area (Å²) in [6.45, 7) is 1.53. The number of amides is 1. The Bertz CT molecular complexity index is 1040. The molecule has 0 spiro atoms. The monoisotopic (exact) mass is 475 g/mol. The highest BCUT2D eigenvalue weighted by molar-refractivity contribution is 7.89. The molecule has 0 saturated carbocycles. The standard InChI is InChI=1S/C20H21F4N3O4S/c21-15-2-1-3-16(14-15)25-19(28)8-9-26-10-12-27(13-11-26)32(29,30)18-6-4-17(5-7-18)31-20(22,23)24/h1-7,14H,8-13H2,(H,25,28). The fourth-order valence-corrected chi connectivity index (χ4v) is 4.63. The van der Waals surface area contributed by atoms with Gasteiger partial charge in [0.05, 0.1) is 4.90 Å². The molecule has 0 atom stereocenters. The number of nitrogens with one attached hydrogen (secondary N) is 1. The van der Waals surface area contributed by atoms with Gasteiger partial charge in [-0.3, -0.25) is 4.79 Å². The van der Waals surface area contributed by atoms with Gasteiger partial charge in [0, 0.05) is 44.8 Å². The number of ether oxygens (including phenoxy) is 1. The van der Waals surface area contributed by atoms with Crippen molar-refractivity contribution in [3.05, 3.63) is 54.3 Å². The van der Waals surface area contributed by atoms with E-state index in [9.17, 15) is 30.8 Å². The van der Waals surface area contributed by atoms with Gasteiger partial charge >= 0.3 is 6.36 Å². The fraction of sp³-hybridized carbons (Fsp3) is 0.350. The van der Waals surface area contributed by atoms with Gasteiger partial charge in [-0.1, -0.05) is 6.07 Å². The van der Waals surface area contributed by atoms with E-state index in [2.05, 4.69) is 10.1 Å². The quantitative estimate of drug-likeness (QED) is 0.623. The summed E-state index contributed by atoms with van der Waals surface area (Å²) >= 11 is 0. The predicted molar refractivity (Wildman–Crippen MR) is 108 cm³/mol. The van der Waals surface area contributed by atoms with Gasteiger partial charge in [0.2, 0.25) is 15.9 Å². The van der Waals surface area contributed by atoms with Crippen LogP contribution in [-0.2, 0) is 14.8 Å². The van der Waals surface area contributed by atoms with Gasteiger partial charge in [-0.2, -0.15) is 4.31 Å². The van der Waals surface area contributed by atoms with E-state index in [1.165, 1.54) is 22.5 Å². The minimum Gasteiger partial charge on any atom is -0.406 e. The molecule has 0 aliphatic carbocycles. The zero-order valence-electron chi connectivity index (χ0n) is 16.8. The number of hydrogen-bond donors (Lipinski definition) is 1. The van der Waals surface area contributed by atoms with E-state index >= 15 is 0 Å². The smallest absolute Gasteiger partial charge is 0.406 e. The van der Waals surface area contributed by atoms with Crippen molar-refractivity contribution in [2.24, 2.45) is 0 Å². The van der Waals surface area contributed by atoms with Crippen LogP contribution in [0, 0.1) is 5.82 Å². The molecule has 0 bridgehead atoms. The van der Waals surface area contributed by atoms with Gasteiger partial charge < -0.3 is 15.0 Å². The number of alkyl halides is 3. The molecule has 1 aliphatic rings. The third-order valence-electron chi connectivity index (χ3n) is 4.79. The molecule has 174 valence electrons. The first kappa shape index (κ1) is 24.0. The summed E-state index contributed by atoms with van der Waals surface area (Å²) in [4.78, 5) is 13.8. The van der Waals surface area contributed by atoms with Crippen LogP contribution in [0.3, 0.4) is 0 Å². The fourth-order valence-electron chi connectivity index (χ4n) is 3.21. The molecule has 1 amide bonds. The Balaban J connectivity index is 1.48. The van der Waals surface area contributed by atoms with Crippen LogP contribution < -0.4 is 10.1 Å². The SMILES string of the molecule is O=C(CCN1CCN(S(=O)(=O)c2ccc(OC(F)(F)F)cc2)CC1)Nc1cccc(F)c1. The highest BCUT2D eigenvalue weighted by Crippen LogP contribution is 2.25. The van der Waals surface area contributed by atoms with Crippen molar-refractivity contribution < 1.29 is 35.5 Å². The van der Waals surface area contributed by atoms with Crippen LogP contribution in [0.5, 0.6) is 5.75 Å². The molecule has 3 rings (SSSR count). The van der Waals surface area contributed by atoms with Crippen LogP contribution in [0.4, 0.5) is 23.2 Å². The number of carbonyl (C=O) groups is 1. The van der Waals surface area contributed by atoms with Crippen LogP contribution in [-0.4, -0.2) is 62.6 Å². The van der Waals surface area contributed by atoms with Crippen LogP contribution in [0.1, 0.15) is 6.42 Å². The molecule has 1 saturated heterocycles. The summed E-state index contributed by atoms with van der Waals surface area (Å²) < 4.78 is 80.4. The van der Waals surface area contributed by atoms with Crippen molar-refractivity contribution in [1.82, 2.24) is 9.21 Å². The lowest BCUT2D eigenvalue weighted by atomic mass is 10.2. The third-order valence-corrected chi connectivity index (χ3v) is 6.70. The number of carbonyl (C=O) groups excluding carboxylic acids is 1. The molecule has 2 aromatic rings. The van der Waals surface area contributed by atoms with E-state index < -0.39 is 28.0 Å². The molecule has 0 radical (unpaired) electrons. The molecule has 1 N–H and O–H groups in total. The average Bonchev–Trinajstić information content (AvgIpc) is 2.72. The molecular formula is C20H21F4N3O4S. The topological polar surface area (TPSA) is 79.0 Å². The molecule has 1 fully saturated rings. The number of piperazine rings is 1. The molecule has 1 heterocycles. The Morgan fingerprint density at radius 1 is 1.03 bits per heavy atom. The van der Waals surface area contributed by atoms with Gasteiger partial charge in [-0.15, -0.1) is 13.2 Å². The minimum absolute atomic E-state index is 0.130. The average molecular weight is 475 g/mol. The first-order valence-corrected chi connectivity index (χ1v) is 11.1. The van der Waals surface area contributed by atoms with Gasteiger partial charge in [-0.25, -0.2) is 12.8 Å². The van der Waals surface area contributed by atoms with Gasteiger partial charge in [0.1, 0.15) is 11.6 Å². The number of anilines is 1. The Morgan fingerprint density at radius 2 is 1.69 bits per heavy atom. The van der Waals surface area contributed by atoms with Crippen LogP contribution in [0.2, 0.25) is 0 Å². The maximum atomic E-state index is 13.2. The zero-order valence-corrected chi connectivity index (χ0v) is 17.6. The Labute approximate surface area is 182 Å². The molecular weight excluding hydrogens is 454 g/mol. The number of rotatable bonds is 7. The largest absolute Gasteiger partial charge is 0.573 e. The van der Waals surface area contributed by atoms with E-state index in [0.717, 1.165) is 24.3 Å². The van der Waals surface area contributed by atoms with E-state index in [-0.39, 0.29) is 30.3 Å². The lowest BCUT2D eigenvalue weighted by molar-refractivity contribution is -0.274. The minimum atomic E-state index is -4.86. The maximum absolute atomic E-state index is 13.2. The number of halogens is 4. The molecule has 7 nitrogen and oxygen atoms in total. The van der Waals surface area contributed by atoms with E-state index in [0.29, 0.717) is 25.3 Å². The summed E-state index contributed by atoms with van der Waals surface area (Å²) in [6, 6.07) is 9.59. The summed E-state index contributed by atoms with van der Waals surface area (Å²) in [6.07, 6.45) is -4.70. The van der Waals surface area contributed by atoms with Crippen molar-refractivity contribution in [3.8, 4) is 5.75 Å². The first-order valence-electron chi connectivity index (χ1n) is 9.67. The normalized spacial score (nSPS) is 16.0. The van der Waals surface area contributed by atoms with Gasteiger partial charge in [0.15, 0.2) is 0 Å². The summed E-state index contributed by atoms with van der Waals surface area (Å²) in [5.74, 6) is -1.24. The van der Waals surface area contributed by atoms with Crippen molar-refractivity contribution in [3.63, 3.8) is 0 Å². The summed E-state index contributed by atoms with van der Waals surface area (Å²) in [5, 5.41) is 2.60. The van der Waals surface area contributed by atoms with E-state index in [1.54, 1.807) is 6.07 Å². The van der Waals surface area contributed by atoms with Crippen LogP contribution in [0.25, 0.3) is 0 Å². The maximum Gasteiger partial charge on any atom is 0.573 e. The van der Waals surface area contributed by atoms with Crippen LogP contribution in [0.15, 0.2) is 53.4 Å². The molecule has 0 unspecified atom stereocenters. The first-order chi connectivity index (χ1) is 15.0. The third kappa shape index (κ3) is 6.65. The Morgan fingerprint density at radius 3 is 2.28 bits per heavy atom. The Kier molecular flexibility index (Phi) is 7.36. The van der Waals surface area contributed by atoms with E-state index in [4.69, 9.17) is 0 Å². The number of nitrogens with zero attached hydrogens (tertiary/aromatic N) is 2. The highest BCUT2D eigenvalue weighted by atomic mass is 32.2. The second-order valence-corrected chi connectivity index (χ2v) is 9.01. The highest BCUT2D eigenvalue weighted by Gasteiger charge is 2.32. The van der Waals surface area contributed by atoms with Crippen LogP contribution >= 0.6 is 0 Å². The lowest BCUT2D eigenvalue weighted by Crippen LogP contribution is -2.49. The lowest BCUT2D eigenvalue weighted by Gasteiger charge is -2.33. The summed E-state index contributed by atoms with van der Waals surface area (Å²) in [7, 11) is -3.87. The van der Waals surface area contributed by atoms with Crippen molar-refractivity contribution in [1.29, 1.82) is 0 Å². The summed E-state index contributed by atoms with van der Waals surface area (Å²) in [5.41, 5.74) is 0.359. The van der Waals surface area contributed by atoms with Gasteiger partial charge in [-0.05, 0) is 42.5 Å². The molecule has 0 aromatic heterocycles. The second kappa shape index (κ2) is 9.84. The molecule has 12 heteroatoms. The molecule has 2 aromatic carbocycles. The number of hydrogen-bond acceptors (Lipinski definition) is 5. The van der Waals surface area contributed by atoms with E-state index in [1.807, 2.05) is 4.90 Å². The van der Waals surface area contributed by atoms with Crippen molar-refractivity contribution in [2.75, 3.05) is 38.0 Å².